The third-order valence-electron chi connectivity index (χ3n) is 2.91. The number of hydrogen-bond donors (Lipinski definition) is 0. The lowest BCUT2D eigenvalue weighted by molar-refractivity contribution is 0.386. The topological polar surface area (TPSA) is 18.5 Å². The molecule has 0 amide bonds. The first-order valence-corrected chi connectivity index (χ1v) is 6.55. The SMILES string of the molecule is COc1ccc(CCC[CH]Oc2ccccc2)cc1. The second-order valence-corrected chi connectivity index (χ2v) is 4.34. The van der Waals surface area contributed by atoms with E-state index in [1.807, 2.05) is 49.1 Å². The second kappa shape index (κ2) is 7.47. The molecular weight excluding hydrogens is 236 g/mol. The largest absolute Gasteiger partial charge is 0.497 e. The molecule has 0 atom stereocenters. The summed E-state index contributed by atoms with van der Waals surface area (Å²) < 4.78 is 10.7. The molecule has 99 valence electrons. The van der Waals surface area contributed by atoms with Gasteiger partial charge in [-0.25, -0.2) is 0 Å². The average Bonchev–Trinajstić information content (AvgIpc) is 2.49. The summed E-state index contributed by atoms with van der Waals surface area (Å²) >= 11 is 0. The fourth-order valence-electron chi connectivity index (χ4n) is 1.84. The van der Waals surface area contributed by atoms with Crippen LogP contribution in [-0.4, -0.2) is 7.11 Å². The van der Waals surface area contributed by atoms with Crippen LogP contribution in [0.3, 0.4) is 0 Å². The van der Waals surface area contributed by atoms with E-state index in [0.29, 0.717) is 0 Å². The van der Waals surface area contributed by atoms with Crippen LogP contribution < -0.4 is 9.47 Å². The van der Waals surface area contributed by atoms with Crippen LogP contribution in [-0.2, 0) is 6.42 Å². The van der Waals surface area contributed by atoms with Crippen molar-refractivity contribution in [2.75, 3.05) is 7.11 Å². The minimum absolute atomic E-state index is 0.895. The first kappa shape index (κ1) is 13.5. The van der Waals surface area contributed by atoms with Gasteiger partial charge in [0.1, 0.15) is 18.1 Å². The number of benzene rings is 2. The maximum Gasteiger partial charge on any atom is 0.135 e. The van der Waals surface area contributed by atoms with Crippen LogP contribution in [0.25, 0.3) is 0 Å². The average molecular weight is 255 g/mol. The summed E-state index contributed by atoms with van der Waals surface area (Å²) in [6.45, 7) is 1.87. The highest BCUT2D eigenvalue weighted by Crippen LogP contribution is 2.14. The minimum Gasteiger partial charge on any atom is -0.497 e. The van der Waals surface area contributed by atoms with E-state index < -0.39 is 0 Å². The Kier molecular flexibility index (Phi) is 5.30. The van der Waals surface area contributed by atoms with E-state index in [1.54, 1.807) is 7.11 Å². The number of ether oxygens (including phenoxy) is 2. The van der Waals surface area contributed by atoms with Crippen molar-refractivity contribution in [3.05, 3.63) is 66.8 Å². The van der Waals surface area contributed by atoms with Crippen LogP contribution in [0.2, 0.25) is 0 Å². The Morgan fingerprint density at radius 1 is 0.895 bits per heavy atom. The molecule has 0 bridgehead atoms. The fourth-order valence-corrected chi connectivity index (χ4v) is 1.84. The van der Waals surface area contributed by atoms with E-state index in [9.17, 15) is 0 Å². The van der Waals surface area contributed by atoms with Gasteiger partial charge in [0, 0.05) is 0 Å². The summed E-state index contributed by atoms with van der Waals surface area (Å²) in [5.74, 6) is 1.80. The van der Waals surface area contributed by atoms with Crippen molar-refractivity contribution in [3.8, 4) is 11.5 Å². The molecule has 19 heavy (non-hydrogen) atoms. The highest BCUT2D eigenvalue weighted by atomic mass is 16.5. The number of rotatable bonds is 7. The van der Waals surface area contributed by atoms with Crippen LogP contribution in [0.1, 0.15) is 18.4 Å². The molecule has 0 heterocycles. The second-order valence-electron chi connectivity index (χ2n) is 4.34. The van der Waals surface area contributed by atoms with Gasteiger partial charge in [-0.2, -0.15) is 0 Å². The lowest BCUT2D eigenvalue weighted by Crippen LogP contribution is -1.92. The highest BCUT2D eigenvalue weighted by Gasteiger charge is 1.96. The van der Waals surface area contributed by atoms with E-state index in [2.05, 4.69) is 12.1 Å². The molecule has 1 radical (unpaired) electrons. The van der Waals surface area contributed by atoms with E-state index in [1.165, 1.54) is 5.56 Å². The lowest BCUT2D eigenvalue weighted by atomic mass is 10.1. The molecule has 0 saturated carbocycles. The van der Waals surface area contributed by atoms with Crippen molar-refractivity contribution in [1.82, 2.24) is 0 Å². The molecule has 0 aliphatic rings. The highest BCUT2D eigenvalue weighted by molar-refractivity contribution is 5.27. The maximum atomic E-state index is 5.54. The van der Waals surface area contributed by atoms with Gasteiger partial charge in [-0.3, -0.25) is 0 Å². The van der Waals surface area contributed by atoms with Crippen LogP contribution in [0.5, 0.6) is 11.5 Å². The Balaban J connectivity index is 1.63. The number of hydrogen-bond acceptors (Lipinski definition) is 2. The third kappa shape index (κ3) is 4.66. The van der Waals surface area contributed by atoms with Crippen molar-refractivity contribution in [2.45, 2.75) is 19.3 Å². The van der Waals surface area contributed by atoms with Gasteiger partial charge in [0.25, 0.3) is 0 Å². The molecule has 0 unspecified atom stereocenters. The van der Waals surface area contributed by atoms with Crippen LogP contribution in [0.4, 0.5) is 0 Å². The molecule has 0 N–H and O–H groups in total. The first-order chi connectivity index (χ1) is 9.38. The van der Waals surface area contributed by atoms with Crippen LogP contribution >= 0.6 is 0 Å². The van der Waals surface area contributed by atoms with Crippen LogP contribution in [0, 0.1) is 6.61 Å². The predicted molar refractivity (Wildman–Crippen MR) is 77.3 cm³/mol. The Labute approximate surface area is 115 Å². The van der Waals surface area contributed by atoms with Gasteiger partial charge >= 0.3 is 0 Å². The fraction of sp³-hybridized carbons (Fsp3) is 0.235. The van der Waals surface area contributed by atoms with Gasteiger partial charge in [0.15, 0.2) is 0 Å². The summed E-state index contributed by atoms with van der Waals surface area (Å²) in [6, 6.07) is 18.1. The first-order valence-electron chi connectivity index (χ1n) is 6.55. The summed E-state index contributed by atoms with van der Waals surface area (Å²) in [6.07, 6.45) is 3.08. The number of unbranched alkanes of at least 4 members (excludes halogenated alkanes) is 1. The van der Waals surface area contributed by atoms with Crippen molar-refractivity contribution in [1.29, 1.82) is 0 Å². The normalized spacial score (nSPS) is 10.2. The molecule has 2 aromatic carbocycles. The molecule has 2 rings (SSSR count). The maximum absolute atomic E-state index is 5.54. The smallest absolute Gasteiger partial charge is 0.135 e. The molecule has 2 heteroatoms. The molecule has 0 aromatic heterocycles. The molecule has 0 aliphatic carbocycles. The van der Waals surface area contributed by atoms with Gasteiger partial charge in [-0.1, -0.05) is 30.3 Å². The zero-order valence-corrected chi connectivity index (χ0v) is 11.2. The monoisotopic (exact) mass is 255 g/mol. The Bertz CT molecular complexity index is 462. The quantitative estimate of drug-likeness (QED) is 0.688. The van der Waals surface area contributed by atoms with Crippen molar-refractivity contribution in [3.63, 3.8) is 0 Å². The van der Waals surface area contributed by atoms with Gasteiger partial charge in [0.05, 0.1) is 7.11 Å². The number of aryl methyl sites for hydroxylation is 1. The Hall–Kier alpha value is -1.96. The van der Waals surface area contributed by atoms with E-state index in [0.717, 1.165) is 30.8 Å². The summed E-state index contributed by atoms with van der Waals surface area (Å²) in [5, 5.41) is 0. The van der Waals surface area contributed by atoms with Crippen molar-refractivity contribution >= 4 is 0 Å². The van der Waals surface area contributed by atoms with Gasteiger partial charge in [-0.05, 0) is 49.1 Å². The number of methoxy groups -OCH3 is 1. The van der Waals surface area contributed by atoms with Crippen LogP contribution in [0.15, 0.2) is 54.6 Å². The molecule has 0 fully saturated rings. The van der Waals surface area contributed by atoms with Gasteiger partial charge in [-0.15, -0.1) is 0 Å². The lowest BCUT2D eigenvalue weighted by Gasteiger charge is -2.05. The summed E-state index contributed by atoms with van der Waals surface area (Å²) in [5.41, 5.74) is 1.33. The zero-order chi connectivity index (χ0) is 13.3. The molecule has 0 saturated heterocycles. The van der Waals surface area contributed by atoms with E-state index >= 15 is 0 Å². The minimum atomic E-state index is 0.895. The van der Waals surface area contributed by atoms with E-state index in [-0.39, 0.29) is 0 Å². The molecule has 0 spiro atoms. The molecule has 2 aromatic rings. The van der Waals surface area contributed by atoms with Gasteiger partial charge < -0.3 is 9.47 Å². The standard InChI is InChI=1S/C17H19O2/c1-18-16-12-10-15(11-13-16)7-5-6-14-19-17-8-3-2-4-9-17/h2-4,8-14H,5-7H2,1H3. The van der Waals surface area contributed by atoms with E-state index in [4.69, 9.17) is 9.47 Å². The summed E-state index contributed by atoms with van der Waals surface area (Å²) in [7, 11) is 1.69. The number of para-hydroxylation sites is 1. The van der Waals surface area contributed by atoms with Crippen molar-refractivity contribution in [2.24, 2.45) is 0 Å². The van der Waals surface area contributed by atoms with Crippen molar-refractivity contribution < 1.29 is 9.47 Å². The van der Waals surface area contributed by atoms with Gasteiger partial charge in [0.2, 0.25) is 0 Å². The zero-order valence-electron chi connectivity index (χ0n) is 11.2. The Morgan fingerprint density at radius 3 is 2.32 bits per heavy atom. The molecule has 2 nitrogen and oxygen atoms in total. The summed E-state index contributed by atoms with van der Waals surface area (Å²) in [4.78, 5) is 0. The Morgan fingerprint density at radius 2 is 1.63 bits per heavy atom. The third-order valence-corrected chi connectivity index (χ3v) is 2.91. The molecular formula is C17H19O2. The predicted octanol–water partition coefficient (Wildman–Crippen LogP) is 4.26. The molecule has 0 aliphatic heterocycles.